The first-order valence-electron chi connectivity index (χ1n) is 9.84. The number of hydrogen-bond donors (Lipinski definition) is 3. The highest BCUT2D eigenvalue weighted by Gasteiger charge is 2.39. The maximum atomic E-state index is 12.8. The van der Waals surface area contributed by atoms with Gasteiger partial charge in [0, 0.05) is 28.2 Å². The lowest BCUT2D eigenvalue weighted by Gasteiger charge is -2.31. The molecule has 2 aliphatic heterocycles. The van der Waals surface area contributed by atoms with Gasteiger partial charge in [-0.1, -0.05) is 12.6 Å². The third kappa shape index (κ3) is 3.82. The van der Waals surface area contributed by atoms with Gasteiger partial charge in [-0.05, 0) is 55.5 Å². The molecule has 3 heterocycles. The van der Waals surface area contributed by atoms with Gasteiger partial charge in [-0.25, -0.2) is 4.79 Å². The van der Waals surface area contributed by atoms with Crippen LogP contribution >= 0.6 is 11.3 Å². The molecule has 4 amide bonds. The van der Waals surface area contributed by atoms with Gasteiger partial charge in [-0.2, -0.15) is 0 Å². The number of aryl methyl sites for hydroxylation is 2. The Kier molecular flexibility index (Phi) is 5.34. The third-order valence-corrected chi connectivity index (χ3v) is 6.70. The van der Waals surface area contributed by atoms with Crippen molar-refractivity contribution in [2.45, 2.75) is 45.8 Å². The Morgan fingerprint density at radius 3 is 2.83 bits per heavy atom. The number of fused-ring (bicyclic) bond motifs is 1. The van der Waals surface area contributed by atoms with Crippen molar-refractivity contribution >= 4 is 34.9 Å². The molecule has 8 heteroatoms. The Morgan fingerprint density at radius 1 is 1.30 bits per heavy atom. The summed E-state index contributed by atoms with van der Waals surface area (Å²) in [4.78, 5) is 40.0. The Bertz CT molecular complexity index is 1060. The van der Waals surface area contributed by atoms with Crippen LogP contribution in [-0.4, -0.2) is 28.8 Å². The van der Waals surface area contributed by atoms with Crippen molar-refractivity contribution in [1.82, 2.24) is 15.5 Å². The molecule has 1 unspecified atom stereocenters. The largest absolute Gasteiger partial charge is 0.333 e. The fourth-order valence-corrected chi connectivity index (χ4v) is 4.76. The average molecular weight is 425 g/mol. The van der Waals surface area contributed by atoms with Crippen molar-refractivity contribution in [2.24, 2.45) is 0 Å². The first kappa shape index (κ1) is 20.2. The number of carbonyl (C=O) groups excluding carboxylic acids is 3. The van der Waals surface area contributed by atoms with E-state index in [1.165, 1.54) is 16.9 Å². The highest BCUT2D eigenvalue weighted by atomic mass is 32.1. The molecule has 30 heavy (non-hydrogen) atoms. The summed E-state index contributed by atoms with van der Waals surface area (Å²) in [5.74, 6) is -0.305. The summed E-state index contributed by atoms with van der Waals surface area (Å²) < 4.78 is 0. The van der Waals surface area contributed by atoms with E-state index in [-0.39, 0.29) is 17.8 Å². The number of anilines is 1. The number of nitrogens with one attached hydrogen (secondary N) is 3. The highest BCUT2D eigenvalue weighted by Crippen LogP contribution is 2.34. The summed E-state index contributed by atoms with van der Waals surface area (Å²) in [5, 5.41) is 10.3. The molecule has 1 atom stereocenters. The minimum absolute atomic E-state index is 0.125. The van der Waals surface area contributed by atoms with Gasteiger partial charge < -0.3 is 20.9 Å². The standard InChI is InChI=1S/C22H24N4O3S/c1-12-4-6-15(8-13(12)2)25-22(29)23-9-19-16-10-26(21(28)17(16)11-30-19)18-7-5-14(3)24-20(18)27/h4,6,8,11,18H,3,5,7,9-10H2,1-2H3,(H,24,27)(H2,23,25,29). The number of nitrogens with zero attached hydrogens (tertiary/aromatic N) is 1. The zero-order chi connectivity index (χ0) is 21.4. The van der Waals surface area contributed by atoms with E-state index in [4.69, 9.17) is 0 Å². The summed E-state index contributed by atoms with van der Waals surface area (Å²) >= 11 is 1.45. The van der Waals surface area contributed by atoms with Crippen molar-refractivity contribution in [1.29, 1.82) is 0 Å². The molecule has 1 aromatic carbocycles. The molecular formula is C22H24N4O3S. The molecule has 7 nitrogen and oxygen atoms in total. The van der Waals surface area contributed by atoms with Crippen LogP contribution in [-0.2, 0) is 17.9 Å². The van der Waals surface area contributed by atoms with Gasteiger partial charge in [0.25, 0.3) is 5.91 Å². The van der Waals surface area contributed by atoms with Crippen LogP contribution < -0.4 is 16.0 Å². The summed E-state index contributed by atoms with van der Waals surface area (Å²) in [6.07, 6.45) is 1.25. The smallest absolute Gasteiger partial charge is 0.319 e. The average Bonchev–Trinajstić information content (AvgIpc) is 3.23. The summed E-state index contributed by atoms with van der Waals surface area (Å²) in [7, 11) is 0. The number of allylic oxidation sites excluding steroid dienone is 1. The van der Waals surface area contributed by atoms with Crippen LogP contribution in [0, 0.1) is 13.8 Å². The number of hydrogen-bond acceptors (Lipinski definition) is 4. The molecule has 156 valence electrons. The number of piperidine rings is 1. The van der Waals surface area contributed by atoms with E-state index in [1.54, 1.807) is 4.90 Å². The molecule has 1 saturated heterocycles. The fraction of sp³-hybridized carbons (Fsp3) is 0.318. The molecule has 4 rings (SSSR count). The first-order chi connectivity index (χ1) is 14.3. The number of amides is 4. The van der Waals surface area contributed by atoms with E-state index in [0.717, 1.165) is 21.7 Å². The Labute approximate surface area is 179 Å². The predicted molar refractivity (Wildman–Crippen MR) is 116 cm³/mol. The molecule has 0 radical (unpaired) electrons. The minimum Gasteiger partial charge on any atom is -0.333 e. The number of rotatable bonds is 4. The first-order valence-corrected chi connectivity index (χ1v) is 10.7. The molecule has 2 aromatic rings. The number of carbonyl (C=O) groups is 3. The van der Waals surface area contributed by atoms with Gasteiger partial charge in [0.2, 0.25) is 5.91 Å². The van der Waals surface area contributed by atoms with Gasteiger partial charge in [-0.15, -0.1) is 11.3 Å². The summed E-state index contributed by atoms with van der Waals surface area (Å²) in [5.41, 5.74) is 5.23. The van der Waals surface area contributed by atoms with Crippen molar-refractivity contribution in [2.75, 3.05) is 5.32 Å². The molecule has 0 aliphatic carbocycles. The lowest BCUT2D eigenvalue weighted by atomic mass is 10.0. The quantitative estimate of drug-likeness (QED) is 0.702. The van der Waals surface area contributed by atoms with Crippen LogP contribution in [0.5, 0.6) is 0 Å². The maximum absolute atomic E-state index is 12.8. The number of benzene rings is 1. The number of thiophene rings is 1. The Hall–Kier alpha value is -3.13. The predicted octanol–water partition coefficient (Wildman–Crippen LogP) is 3.43. The van der Waals surface area contributed by atoms with Crippen molar-refractivity contribution < 1.29 is 14.4 Å². The lowest BCUT2D eigenvalue weighted by molar-refractivity contribution is -0.126. The normalized spacial score (nSPS) is 18.3. The van der Waals surface area contributed by atoms with E-state index in [1.807, 2.05) is 37.4 Å². The van der Waals surface area contributed by atoms with Crippen molar-refractivity contribution in [3.63, 3.8) is 0 Å². The minimum atomic E-state index is -0.478. The van der Waals surface area contributed by atoms with Crippen LogP contribution in [0.15, 0.2) is 35.9 Å². The second kappa shape index (κ2) is 7.95. The van der Waals surface area contributed by atoms with Gasteiger partial charge in [0.1, 0.15) is 6.04 Å². The van der Waals surface area contributed by atoms with E-state index >= 15 is 0 Å². The Balaban J connectivity index is 1.39. The zero-order valence-corrected chi connectivity index (χ0v) is 17.8. The van der Waals surface area contributed by atoms with Crippen LogP contribution in [0.2, 0.25) is 0 Å². The molecule has 1 aromatic heterocycles. The second-order valence-corrected chi connectivity index (χ2v) is 8.70. The van der Waals surface area contributed by atoms with E-state index < -0.39 is 6.04 Å². The van der Waals surface area contributed by atoms with E-state index in [9.17, 15) is 14.4 Å². The summed E-state index contributed by atoms with van der Waals surface area (Å²) in [6, 6.07) is 4.98. The van der Waals surface area contributed by atoms with Crippen LogP contribution in [0.25, 0.3) is 0 Å². The van der Waals surface area contributed by atoms with Gasteiger partial charge in [0.15, 0.2) is 0 Å². The van der Waals surface area contributed by atoms with E-state index in [0.29, 0.717) is 37.2 Å². The Morgan fingerprint density at radius 2 is 2.10 bits per heavy atom. The van der Waals surface area contributed by atoms with Gasteiger partial charge >= 0.3 is 6.03 Å². The molecule has 3 N–H and O–H groups in total. The molecule has 2 aliphatic rings. The topological polar surface area (TPSA) is 90.5 Å². The van der Waals surface area contributed by atoms with Crippen LogP contribution in [0.3, 0.4) is 0 Å². The second-order valence-electron chi connectivity index (χ2n) is 7.74. The highest BCUT2D eigenvalue weighted by molar-refractivity contribution is 7.10. The third-order valence-electron chi connectivity index (χ3n) is 5.67. The maximum Gasteiger partial charge on any atom is 0.319 e. The van der Waals surface area contributed by atoms with Crippen molar-refractivity contribution in [3.05, 3.63) is 63.0 Å². The van der Waals surface area contributed by atoms with Crippen LogP contribution in [0.1, 0.15) is 44.8 Å². The fourth-order valence-electron chi connectivity index (χ4n) is 3.79. The number of urea groups is 1. The van der Waals surface area contributed by atoms with E-state index in [2.05, 4.69) is 22.5 Å². The summed E-state index contributed by atoms with van der Waals surface area (Å²) in [6.45, 7) is 8.52. The van der Waals surface area contributed by atoms with Crippen molar-refractivity contribution in [3.8, 4) is 0 Å². The zero-order valence-electron chi connectivity index (χ0n) is 17.0. The van der Waals surface area contributed by atoms with Gasteiger partial charge in [0.05, 0.1) is 12.1 Å². The van der Waals surface area contributed by atoms with Gasteiger partial charge in [-0.3, -0.25) is 9.59 Å². The van der Waals surface area contributed by atoms with Crippen LogP contribution in [0.4, 0.5) is 10.5 Å². The molecule has 0 bridgehead atoms. The SMILES string of the molecule is C=C1CCC(N2Cc3c(csc3CNC(=O)Nc3ccc(C)c(C)c3)C2=O)C(=O)N1. The monoisotopic (exact) mass is 424 g/mol. The molecule has 0 spiro atoms. The lowest BCUT2D eigenvalue weighted by Crippen LogP contribution is -2.49. The molecular weight excluding hydrogens is 400 g/mol. The molecule has 0 saturated carbocycles. The molecule has 1 fully saturated rings.